The summed E-state index contributed by atoms with van der Waals surface area (Å²) in [5.74, 6) is 0.363. The van der Waals surface area contributed by atoms with E-state index in [0.29, 0.717) is 46.1 Å². The summed E-state index contributed by atoms with van der Waals surface area (Å²) in [5.41, 5.74) is 9.40. The quantitative estimate of drug-likeness (QED) is 0.365. The number of hydrogen-bond acceptors (Lipinski definition) is 5. The highest BCUT2D eigenvalue weighted by Gasteiger charge is 2.21. The van der Waals surface area contributed by atoms with Gasteiger partial charge in [0, 0.05) is 34.8 Å². The van der Waals surface area contributed by atoms with Crippen LogP contribution in [0.15, 0.2) is 75.9 Å². The number of anilines is 1. The molecule has 2 heterocycles. The molecule has 37 heavy (non-hydrogen) atoms. The zero-order valence-electron chi connectivity index (χ0n) is 20.6. The van der Waals surface area contributed by atoms with Crippen LogP contribution >= 0.6 is 0 Å². The molecule has 0 aliphatic rings. The Hall–Kier alpha value is -4.92. The summed E-state index contributed by atoms with van der Waals surface area (Å²) in [6.45, 7) is 3.78. The molecule has 0 fully saturated rings. The van der Waals surface area contributed by atoms with E-state index >= 15 is 0 Å². The van der Waals surface area contributed by atoms with Gasteiger partial charge in [0.15, 0.2) is 0 Å². The van der Waals surface area contributed by atoms with Crippen LogP contribution in [0.2, 0.25) is 0 Å². The van der Waals surface area contributed by atoms with Crippen LogP contribution in [0.25, 0.3) is 28.0 Å². The molecule has 0 unspecified atom stereocenters. The smallest absolute Gasteiger partial charge is 0.350 e. The zero-order valence-corrected chi connectivity index (χ0v) is 20.6. The molecule has 3 aromatic carbocycles. The maximum atomic E-state index is 13.3. The number of nitrogens with zero attached hydrogens (tertiary/aromatic N) is 3. The first kappa shape index (κ1) is 23.8. The van der Waals surface area contributed by atoms with E-state index in [-0.39, 0.29) is 11.6 Å². The average Bonchev–Trinajstić information content (AvgIpc) is 3.39. The van der Waals surface area contributed by atoms with Gasteiger partial charge in [0.2, 0.25) is 5.91 Å². The largest absolute Gasteiger partial charge is 0.456 e. The summed E-state index contributed by atoms with van der Waals surface area (Å²) >= 11 is 0. The van der Waals surface area contributed by atoms with Crippen LogP contribution in [0.1, 0.15) is 39.0 Å². The summed E-state index contributed by atoms with van der Waals surface area (Å²) < 4.78 is 9.08. The van der Waals surface area contributed by atoms with Gasteiger partial charge in [-0.2, -0.15) is 5.10 Å². The van der Waals surface area contributed by atoms with Crippen molar-refractivity contribution >= 4 is 28.5 Å². The number of hydrogen-bond donors (Lipinski definition) is 2. The second kappa shape index (κ2) is 9.27. The number of fused-ring (bicyclic) bond motifs is 1. The standard InChI is InChI=1S/C28H25N5O4/c1-4-21-24-22(27(35)30-19-8-5-7-18(15-19)26(29)34)9-6-10-23(24)37-25(21)17-11-13-20(14-12-17)33-16(2)31-32(3)28(33)36/h5-15H,4H2,1-3H3,(H2,29,34)(H,30,35). The lowest BCUT2D eigenvalue weighted by Gasteiger charge is -2.08. The molecule has 0 saturated heterocycles. The molecule has 5 rings (SSSR count). The second-order valence-electron chi connectivity index (χ2n) is 8.68. The number of furan rings is 1. The molecule has 2 amide bonds. The Morgan fingerprint density at radius 1 is 1.05 bits per heavy atom. The fraction of sp³-hybridized carbons (Fsp3) is 0.143. The highest BCUT2D eigenvalue weighted by Crippen LogP contribution is 2.36. The molecule has 0 bridgehead atoms. The highest BCUT2D eigenvalue weighted by molar-refractivity contribution is 6.14. The van der Waals surface area contributed by atoms with Gasteiger partial charge in [0.25, 0.3) is 5.91 Å². The molecule has 3 N–H and O–H groups in total. The lowest BCUT2D eigenvalue weighted by molar-refractivity contribution is 0.0996. The minimum atomic E-state index is -0.569. The second-order valence-corrected chi connectivity index (χ2v) is 8.68. The van der Waals surface area contributed by atoms with Crippen LogP contribution in [-0.2, 0) is 13.5 Å². The number of benzene rings is 3. The Morgan fingerprint density at radius 2 is 1.78 bits per heavy atom. The van der Waals surface area contributed by atoms with Crippen molar-refractivity contribution in [1.82, 2.24) is 14.3 Å². The van der Waals surface area contributed by atoms with Gasteiger partial charge in [0.1, 0.15) is 17.2 Å². The van der Waals surface area contributed by atoms with Gasteiger partial charge < -0.3 is 15.5 Å². The van der Waals surface area contributed by atoms with Gasteiger partial charge in [-0.05, 0) is 67.9 Å². The molecule has 0 aliphatic carbocycles. The Morgan fingerprint density at radius 3 is 2.43 bits per heavy atom. The van der Waals surface area contributed by atoms with Gasteiger partial charge in [0.05, 0.1) is 11.3 Å². The molecule has 0 aliphatic heterocycles. The van der Waals surface area contributed by atoms with Gasteiger partial charge >= 0.3 is 5.69 Å². The first-order valence-electron chi connectivity index (χ1n) is 11.8. The number of carbonyl (C=O) groups excluding carboxylic acids is 2. The molecule has 0 saturated carbocycles. The molecule has 9 heteroatoms. The number of nitrogens with one attached hydrogen (secondary N) is 1. The molecule has 2 aromatic heterocycles. The van der Waals surface area contributed by atoms with Crippen LogP contribution in [0.3, 0.4) is 0 Å². The van der Waals surface area contributed by atoms with Crippen molar-refractivity contribution in [2.75, 3.05) is 5.32 Å². The topological polar surface area (TPSA) is 125 Å². The number of amides is 2. The Balaban J connectivity index is 1.54. The zero-order chi connectivity index (χ0) is 26.3. The van der Waals surface area contributed by atoms with Gasteiger partial charge in [-0.1, -0.05) is 19.1 Å². The Labute approximate surface area is 212 Å². The van der Waals surface area contributed by atoms with Crippen molar-refractivity contribution in [3.8, 4) is 17.0 Å². The lowest BCUT2D eigenvalue weighted by atomic mass is 9.99. The number of nitrogens with two attached hydrogens (primary N) is 1. The first-order chi connectivity index (χ1) is 17.8. The van der Waals surface area contributed by atoms with Gasteiger partial charge in [-0.3, -0.25) is 9.59 Å². The first-order valence-corrected chi connectivity index (χ1v) is 11.8. The van der Waals surface area contributed by atoms with Gasteiger partial charge in [-0.25, -0.2) is 14.0 Å². The fourth-order valence-electron chi connectivity index (χ4n) is 4.57. The van der Waals surface area contributed by atoms with Crippen molar-refractivity contribution in [3.05, 3.63) is 99.7 Å². The number of primary amides is 1. The van der Waals surface area contributed by atoms with E-state index < -0.39 is 5.91 Å². The van der Waals surface area contributed by atoms with E-state index in [2.05, 4.69) is 10.4 Å². The van der Waals surface area contributed by atoms with E-state index in [0.717, 1.165) is 16.5 Å². The van der Waals surface area contributed by atoms with Crippen LogP contribution in [-0.4, -0.2) is 26.2 Å². The summed E-state index contributed by atoms with van der Waals surface area (Å²) in [5, 5.41) is 7.77. The van der Waals surface area contributed by atoms with E-state index in [1.165, 1.54) is 4.68 Å². The SMILES string of the molecule is CCc1c(-c2ccc(-n3c(C)nn(C)c3=O)cc2)oc2cccc(C(=O)Nc3cccc(C(N)=O)c3)c12. The lowest BCUT2D eigenvalue weighted by Crippen LogP contribution is -2.21. The molecule has 186 valence electrons. The molecule has 0 radical (unpaired) electrons. The fourth-order valence-corrected chi connectivity index (χ4v) is 4.57. The molecular formula is C28H25N5O4. The summed E-state index contributed by atoms with van der Waals surface area (Å²) in [4.78, 5) is 37.2. The molecule has 0 atom stereocenters. The maximum absolute atomic E-state index is 13.3. The maximum Gasteiger partial charge on any atom is 0.350 e. The van der Waals surface area contributed by atoms with Crippen LogP contribution < -0.4 is 16.7 Å². The number of aromatic nitrogens is 3. The van der Waals surface area contributed by atoms with E-state index in [4.69, 9.17) is 10.2 Å². The monoisotopic (exact) mass is 495 g/mol. The molecule has 0 spiro atoms. The number of carbonyl (C=O) groups is 2. The predicted molar refractivity (Wildman–Crippen MR) is 141 cm³/mol. The molecular weight excluding hydrogens is 470 g/mol. The third kappa shape index (κ3) is 4.20. The van der Waals surface area contributed by atoms with Crippen molar-refractivity contribution < 1.29 is 14.0 Å². The molecule has 5 aromatic rings. The van der Waals surface area contributed by atoms with E-state index in [1.54, 1.807) is 54.9 Å². The highest BCUT2D eigenvalue weighted by atomic mass is 16.3. The Bertz CT molecular complexity index is 1720. The van der Waals surface area contributed by atoms with Crippen molar-refractivity contribution in [2.45, 2.75) is 20.3 Å². The average molecular weight is 496 g/mol. The Kier molecular flexibility index (Phi) is 5.96. The van der Waals surface area contributed by atoms with Crippen molar-refractivity contribution in [3.63, 3.8) is 0 Å². The third-order valence-electron chi connectivity index (χ3n) is 6.29. The van der Waals surface area contributed by atoms with Crippen LogP contribution in [0.5, 0.6) is 0 Å². The van der Waals surface area contributed by atoms with E-state index in [9.17, 15) is 14.4 Å². The number of rotatable bonds is 6. The summed E-state index contributed by atoms with van der Waals surface area (Å²) in [6, 6.07) is 19.3. The number of aryl methyl sites for hydroxylation is 3. The van der Waals surface area contributed by atoms with Crippen LogP contribution in [0.4, 0.5) is 5.69 Å². The normalized spacial score (nSPS) is 11.1. The molecule has 9 nitrogen and oxygen atoms in total. The predicted octanol–water partition coefficient (Wildman–Crippen LogP) is 4.21. The minimum absolute atomic E-state index is 0.222. The van der Waals surface area contributed by atoms with Crippen molar-refractivity contribution in [1.29, 1.82) is 0 Å². The van der Waals surface area contributed by atoms with Crippen molar-refractivity contribution in [2.24, 2.45) is 12.8 Å². The minimum Gasteiger partial charge on any atom is -0.456 e. The third-order valence-corrected chi connectivity index (χ3v) is 6.29. The van der Waals surface area contributed by atoms with E-state index in [1.807, 2.05) is 37.3 Å². The van der Waals surface area contributed by atoms with Crippen LogP contribution in [0, 0.1) is 6.92 Å². The summed E-state index contributed by atoms with van der Waals surface area (Å²) in [6.07, 6.45) is 0.632. The summed E-state index contributed by atoms with van der Waals surface area (Å²) in [7, 11) is 1.62. The van der Waals surface area contributed by atoms with Gasteiger partial charge in [-0.15, -0.1) is 0 Å².